The zero-order chi connectivity index (χ0) is 20.6. The Bertz CT molecular complexity index is 1040. The van der Waals surface area contributed by atoms with Gasteiger partial charge >= 0.3 is 5.97 Å². The molecular formula is C24H29N3O2. The number of aromatic nitrogens is 2. The zero-order valence-corrected chi connectivity index (χ0v) is 17.7. The van der Waals surface area contributed by atoms with E-state index in [1.165, 1.54) is 27.7 Å². The van der Waals surface area contributed by atoms with Crippen LogP contribution < -0.4 is 0 Å². The molecule has 0 bridgehead atoms. The molecule has 0 amide bonds. The van der Waals surface area contributed by atoms with Crippen molar-refractivity contribution in [1.29, 1.82) is 0 Å². The molecule has 5 nitrogen and oxygen atoms in total. The van der Waals surface area contributed by atoms with E-state index in [1.807, 2.05) is 26.0 Å². The van der Waals surface area contributed by atoms with Crippen LogP contribution in [0.15, 0.2) is 42.7 Å². The van der Waals surface area contributed by atoms with Gasteiger partial charge in [-0.25, -0.2) is 0 Å². The first-order valence-electron chi connectivity index (χ1n) is 10.3. The Morgan fingerprint density at radius 3 is 2.86 bits per heavy atom. The highest BCUT2D eigenvalue weighted by molar-refractivity contribution is 5.86. The number of fused-ring (bicyclic) bond motifs is 3. The number of aryl methyl sites for hydroxylation is 1. The fourth-order valence-electron chi connectivity index (χ4n) is 4.36. The van der Waals surface area contributed by atoms with E-state index in [0.717, 1.165) is 25.1 Å². The first-order chi connectivity index (χ1) is 13.9. The van der Waals surface area contributed by atoms with E-state index in [2.05, 4.69) is 46.6 Å². The number of pyridine rings is 1. The molecule has 0 fully saturated rings. The van der Waals surface area contributed by atoms with E-state index in [9.17, 15) is 4.79 Å². The van der Waals surface area contributed by atoms with Gasteiger partial charge in [0.1, 0.15) is 0 Å². The summed E-state index contributed by atoms with van der Waals surface area (Å²) >= 11 is 0. The number of likely N-dealkylation sites (N-methyl/N-ethyl adjacent to an activating group) is 1. The largest absolute Gasteiger partial charge is 0.452 e. The van der Waals surface area contributed by atoms with Crippen molar-refractivity contribution in [2.75, 3.05) is 13.6 Å². The Labute approximate surface area is 172 Å². The quantitative estimate of drug-likeness (QED) is 0.612. The minimum absolute atomic E-state index is 0.197. The first-order valence-corrected chi connectivity index (χ1v) is 10.3. The molecule has 0 spiro atoms. The molecule has 152 valence electrons. The molecule has 29 heavy (non-hydrogen) atoms. The van der Waals surface area contributed by atoms with Crippen LogP contribution in [0.4, 0.5) is 0 Å². The molecule has 1 aliphatic heterocycles. The number of esters is 1. The molecule has 2 aromatic heterocycles. The first kappa shape index (κ1) is 19.6. The van der Waals surface area contributed by atoms with Gasteiger partial charge in [0.15, 0.2) is 5.60 Å². The molecule has 0 aliphatic carbocycles. The lowest BCUT2D eigenvalue weighted by Crippen LogP contribution is -2.35. The van der Waals surface area contributed by atoms with Gasteiger partial charge in [-0.3, -0.25) is 9.78 Å². The van der Waals surface area contributed by atoms with Gasteiger partial charge in [0.05, 0.1) is 6.54 Å². The van der Waals surface area contributed by atoms with Gasteiger partial charge in [-0.2, -0.15) is 0 Å². The smallest absolute Gasteiger partial charge is 0.306 e. The summed E-state index contributed by atoms with van der Waals surface area (Å²) in [5.41, 5.74) is 5.35. The van der Waals surface area contributed by atoms with Crippen molar-refractivity contribution in [3.05, 3.63) is 65.1 Å². The van der Waals surface area contributed by atoms with E-state index in [-0.39, 0.29) is 5.97 Å². The van der Waals surface area contributed by atoms with Crippen LogP contribution in [-0.2, 0) is 34.6 Å². The van der Waals surface area contributed by atoms with Crippen LogP contribution in [0.5, 0.6) is 0 Å². The monoisotopic (exact) mass is 391 g/mol. The van der Waals surface area contributed by atoms with E-state index in [1.54, 1.807) is 12.4 Å². The maximum absolute atomic E-state index is 12.3. The highest BCUT2D eigenvalue weighted by Gasteiger charge is 2.34. The minimum atomic E-state index is -0.782. The van der Waals surface area contributed by atoms with Crippen molar-refractivity contribution in [2.24, 2.45) is 0 Å². The Kier molecular flexibility index (Phi) is 5.17. The van der Waals surface area contributed by atoms with Crippen LogP contribution in [0.1, 0.15) is 42.7 Å². The summed E-state index contributed by atoms with van der Waals surface area (Å²) < 4.78 is 8.39. The number of hydrogen-bond acceptors (Lipinski definition) is 4. The number of ether oxygens (including phenoxy) is 1. The SMILES string of the molecule is CCC(=O)OC(C)(Cn1c2c(c3cc(C)ccc31)CN(C)CC2)c1cccnc1. The Morgan fingerprint density at radius 1 is 1.31 bits per heavy atom. The third-order valence-electron chi connectivity index (χ3n) is 5.96. The average molecular weight is 392 g/mol. The summed E-state index contributed by atoms with van der Waals surface area (Å²) in [5, 5.41) is 1.31. The molecule has 3 heterocycles. The molecule has 0 saturated heterocycles. The van der Waals surface area contributed by atoms with E-state index in [0.29, 0.717) is 13.0 Å². The lowest BCUT2D eigenvalue weighted by Gasteiger charge is -2.32. The van der Waals surface area contributed by atoms with Crippen molar-refractivity contribution < 1.29 is 9.53 Å². The maximum atomic E-state index is 12.3. The van der Waals surface area contributed by atoms with Gasteiger partial charge in [0.2, 0.25) is 0 Å². The second-order valence-corrected chi connectivity index (χ2v) is 8.32. The fraction of sp³-hybridized carbons (Fsp3) is 0.417. The number of carbonyl (C=O) groups is 1. The summed E-state index contributed by atoms with van der Waals surface area (Å²) in [4.78, 5) is 19.0. The van der Waals surface area contributed by atoms with Crippen molar-refractivity contribution in [2.45, 2.75) is 52.3 Å². The summed E-state index contributed by atoms with van der Waals surface area (Å²) in [6.07, 6.45) is 4.89. The third-order valence-corrected chi connectivity index (χ3v) is 5.96. The predicted molar refractivity (Wildman–Crippen MR) is 115 cm³/mol. The minimum Gasteiger partial charge on any atom is -0.452 e. The van der Waals surface area contributed by atoms with E-state index < -0.39 is 5.60 Å². The normalized spacial score (nSPS) is 16.4. The molecule has 1 aromatic carbocycles. The molecule has 0 radical (unpaired) electrons. The van der Waals surface area contributed by atoms with Gasteiger partial charge in [0.25, 0.3) is 0 Å². The zero-order valence-electron chi connectivity index (χ0n) is 17.7. The molecule has 1 atom stereocenters. The number of benzene rings is 1. The van der Waals surface area contributed by atoms with Crippen molar-refractivity contribution >= 4 is 16.9 Å². The molecule has 5 heteroatoms. The molecular weight excluding hydrogens is 362 g/mol. The lowest BCUT2D eigenvalue weighted by atomic mass is 9.96. The number of nitrogens with zero attached hydrogens (tertiary/aromatic N) is 3. The fourth-order valence-corrected chi connectivity index (χ4v) is 4.36. The summed E-state index contributed by atoms with van der Waals surface area (Å²) in [5.74, 6) is -0.197. The molecule has 1 aliphatic rings. The summed E-state index contributed by atoms with van der Waals surface area (Å²) in [6.45, 7) is 8.51. The Hall–Kier alpha value is -2.66. The van der Waals surface area contributed by atoms with Crippen LogP contribution in [-0.4, -0.2) is 34.0 Å². The van der Waals surface area contributed by atoms with Gasteiger partial charge in [-0.05, 0) is 44.7 Å². The standard InChI is InChI=1S/C24H29N3O2/c1-5-23(28)29-24(3,18-7-6-11-25-14-18)16-27-21-9-8-17(2)13-19(21)20-15-26(4)12-10-22(20)27/h6-9,11,13-14H,5,10,12,15-16H2,1-4H3. The van der Waals surface area contributed by atoms with E-state index in [4.69, 9.17) is 4.74 Å². The maximum Gasteiger partial charge on any atom is 0.306 e. The average Bonchev–Trinajstić information content (AvgIpc) is 3.00. The molecule has 1 unspecified atom stereocenters. The predicted octanol–water partition coefficient (Wildman–Crippen LogP) is 4.20. The van der Waals surface area contributed by atoms with E-state index >= 15 is 0 Å². The summed E-state index contributed by atoms with van der Waals surface area (Å²) in [7, 11) is 2.17. The van der Waals surface area contributed by atoms with Gasteiger partial charge in [-0.1, -0.05) is 24.6 Å². The molecule has 4 rings (SSSR count). The van der Waals surface area contributed by atoms with Gasteiger partial charge in [-0.15, -0.1) is 0 Å². The van der Waals surface area contributed by atoms with Crippen LogP contribution in [0, 0.1) is 6.92 Å². The Balaban J connectivity index is 1.86. The van der Waals surface area contributed by atoms with Crippen LogP contribution in [0.25, 0.3) is 10.9 Å². The number of rotatable bonds is 5. The third kappa shape index (κ3) is 3.67. The highest BCUT2D eigenvalue weighted by atomic mass is 16.6. The van der Waals surface area contributed by atoms with Crippen molar-refractivity contribution in [3.8, 4) is 0 Å². The van der Waals surface area contributed by atoms with Crippen LogP contribution in [0.2, 0.25) is 0 Å². The second kappa shape index (κ2) is 7.64. The van der Waals surface area contributed by atoms with Crippen LogP contribution in [0.3, 0.4) is 0 Å². The van der Waals surface area contributed by atoms with Crippen molar-refractivity contribution in [1.82, 2.24) is 14.5 Å². The lowest BCUT2D eigenvalue weighted by molar-refractivity contribution is -0.160. The number of carbonyl (C=O) groups excluding carboxylic acids is 1. The van der Waals surface area contributed by atoms with Crippen LogP contribution >= 0.6 is 0 Å². The number of hydrogen-bond donors (Lipinski definition) is 0. The van der Waals surface area contributed by atoms with Gasteiger partial charge < -0.3 is 14.2 Å². The second-order valence-electron chi connectivity index (χ2n) is 8.32. The molecule has 0 N–H and O–H groups in total. The summed E-state index contributed by atoms with van der Waals surface area (Å²) in [6, 6.07) is 10.5. The van der Waals surface area contributed by atoms with Crippen molar-refractivity contribution in [3.63, 3.8) is 0 Å². The topological polar surface area (TPSA) is 47.4 Å². The molecule has 0 saturated carbocycles. The van der Waals surface area contributed by atoms with Gasteiger partial charge in [0, 0.05) is 60.5 Å². The Morgan fingerprint density at radius 2 is 2.14 bits per heavy atom. The highest BCUT2D eigenvalue weighted by Crippen LogP contribution is 2.35. The molecule has 3 aromatic rings.